The number of nitrogens with one attached hydrogen (secondary N) is 1. The van der Waals surface area contributed by atoms with Crippen molar-refractivity contribution in [3.63, 3.8) is 0 Å². The number of rotatable bonds is 6. The summed E-state index contributed by atoms with van der Waals surface area (Å²) >= 11 is 0. The third-order valence-corrected chi connectivity index (χ3v) is 2.58. The minimum Gasteiger partial charge on any atom is -0.481 e. The van der Waals surface area contributed by atoms with Crippen molar-refractivity contribution in [3.8, 4) is 0 Å². The van der Waals surface area contributed by atoms with Crippen LogP contribution in [0.1, 0.15) is 18.4 Å². The Kier molecular flexibility index (Phi) is 4.85. The van der Waals surface area contributed by atoms with Crippen LogP contribution >= 0.6 is 0 Å². The summed E-state index contributed by atoms with van der Waals surface area (Å²) in [5.41, 5.74) is -0.214. The van der Waals surface area contributed by atoms with Crippen molar-refractivity contribution in [2.24, 2.45) is 14.1 Å². The van der Waals surface area contributed by atoms with Crippen LogP contribution in [0.2, 0.25) is 0 Å². The first-order valence-electron chi connectivity index (χ1n) is 5.61. The van der Waals surface area contributed by atoms with E-state index in [1.54, 1.807) is 7.05 Å². The molecule has 7 nitrogen and oxygen atoms in total. The molecule has 7 heteroatoms. The molecule has 100 valence electrons. The van der Waals surface area contributed by atoms with E-state index in [4.69, 9.17) is 5.11 Å². The summed E-state index contributed by atoms with van der Waals surface area (Å²) in [7, 11) is 3.01. The summed E-state index contributed by atoms with van der Waals surface area (Å²) in [6, 6.07) is 0. The summed E-state index contributed by atoms with van der Waals surface area (Å²) in [6.07, 6.45) is 2.09. The summed E-state index contributed by atoms with van der Waals surface area (Å²) in [4.78, 5) is 33.5. The van der Waals surface area contributed by atoms with E-state index in [1.165, 1.54) is 17.8 Å². The second-order valence-corrected chi connectivity index (χ2v) is 4.09. The van der Waals surface area contributed by atoms with E-state index in [2.05, 4.69) is 5.32 Å². The Balaban J connectivity index is 2.61. The number of aliphatic carboxylic acids is 1. The van der Waals surface area contributed by atoms with Crippen molar-refractivity contribution in [2.45, 2.75) is 19.4 Å². The Bertz CT molecular complexity index is 544. The summed E-state index contributed by atoms with van der Waals surface area (Å²) < 4.78 is 2.39. The van der Waals surface area contributed by atoms with Crippen LogP contribution in [0.25, 0.3) is 0 Å². The minimum atomic E-state index is -0.838. The molecule has 0 radical (unpaired) electrons. The van der Waals surface area contributed by atoms with E-state index in [0.717, 1.165) is 4.57 Å². The lowest BCUT2D eigenvalue weighted by Crippen LogP contribution is -2.39. The van der Waals surface area contributed by atoms with Gasteiger partial charge in [0.25, 0.3) is 5.56 Å². The van der Waals surface area contributed by atoms with Gasteiger partial charge < -0.3 is 15.0 Å². The van der Waals surface area contributed by atoms with Crippen molar-refractivity contribution >= 4 is 5.97 Å². The lowest BCUT2D eigenvalue weighted by Gasteiger charge is -2.07. The predicted octanol–water partition coefficient (Wildman–Crippen LogP) is -0.962. The molecule has 0 aliphatic rings. The van der Waals surface area contributed by atoms with Crippen molar-refractivity contribution in [2.75, 3.05) is 6.54 Å². The van der Waals surface area contributed by atoms with Crippen LogP contribution in [0.15, 0.2) is 15.8 Å². The molecule has 0 aliphatic heterocycles. The largest absolute Gasteiger partial charge is 0.481 e. The standard InChI is InChI=1S/C11H17N3O4/c1-13-7-8(10(17)14(2)11(13)18)6-12-5-3-4-9(15)16/h7,12H,3-6H2,1-2H3,(H,15,16). The normalized spacial score (nSPS) is 10.6. The van der Waals surface area contributed by atoms with Crippen LogP contribution in [-0.2, 0) is 25.4 Å². The van der Waals surface area contributed by atoms with Crippen molar-refractivity contribution in [1.82, 2.24) is 14.5 Å². The lowest BCUT2D eigenvalue weighted by molar-refractivity contribution is -0.137. The van der Waals surface area contributed by atoms with Gasteiger partial charge in [0, 0.05) is 38.8 Å². The maximum Gasteiger partial charge on any atom is 0.330 e. The first kappa shape index (κ1) is 14.2. The molecule has 1 rings (SSSR count). The molecular formula is C11H17N3O4. The lowest BCUT2D eigenvalue weighted by atomic mass is 10.3. The van der Waals surface area contributed by atoms with E-state index in [0.29, 0.717) is 25.1 Å². The molecule has 2 N–H and O–H groups in total. The van der Waals surface area contributed by atoms with Crippen molar-refractivity contribution in [1.29, 1.82) is 0 Å². The molecule has 0 amide bonds. The zero-order valence-electron chi connectivity index (χ0n) is 10.5. The predicted molar refractivity (Wildman–Crippen MR) is 65.5 cm³/mol. The van der Waals surface area contributed by atoms with Crippen molar-refractivity contribution in [3.05, 3.63) is 32.6 Å². The third-order valence-electron chi connectivity index (χ3n) is 2.58. The number of aryl methyl sites for hydroxylation is 1. The topological polar surface area (TPSA) is 93.3 Å². The van der Waals surface area contributed by atoms with Crippen LogP contribution in [0, 0.1) is 0 Å². The molecule has 1 aromatic rings. The van der Waals surface area contributed by atoms with Crippen LogP contribution in [-0.4, -0.2) is 26.8 Å². The smallest absolute Gasteiger partial charge is 0.330 e. The summed E-state index contributed by atoms with van der Waals surface area (Å²) in [5, 5.41) is 11.4. The molecule has 0 unspecified atom stereocenters. The zero-order valence-corrected chi connectivity index (χ0v) is 10.5. The average molecular weight is 255 g/mol. The van der Waals surface area contributed by atoms with Gasteiger partial charge in [0.1, 0.15) is 0 Å². The highest BCUT2D eigenvalue weighted by molar-refractivity contribution is 5.66. The number of hydrogen-bond donors (Lipinski definition) is 2. The number of hydrogen-bond acceptors (Lipinski definition) is 4. The molecule has 0 aromatic carbocycles. The fraction of sp³-hybridized carbons (Fsp3) is 0.545. The maximum atomic E-state index is 11.7. The molecular weight excluding hydrogens is 238 g/mol. The molecule has 0 atom stereocenters. The number of aromatic nitrogens is 2. The second kappa shape index (κ2) is 6.15. The number of carboxylic acids is 1. The van der Waals surface area contributed by atoms with Gasteiger partial charge in [-0.2, -0.15) is 0 Å². The molecule has 1 aromatic heterocycles. The molecule has 0 aliphatic carbocycles. The Morgan fingerprint density at radius 3 is 2.67 bits per heavy atom. The van der Waals surface area contributed by atoms with Gasteiger partial charge in [-0.05, 0) is 13.0 Å². The Hall–Kier alpha value is -1.89. The molecule has 0 saturated heterocycles. The van der Waals surface area contributed by atoms with Gasteiger partial charge in [-0.1, -0.05) is 0 Å². The fourth-order valence-corrected chi connectivity index (χ4v) is 1.59. The number of carbonyl (C=O) groups is 1. The monoisotopic (exact) mass is 255 g/mol. The molecule has 1 heterocycles. The summed E-state index contributed by atoms with van der Waals surface area (Å²) in [5.74, 6) is -0.838. The van der Waals surface area contributed by atoms with E-state index >= 15 is 0 Å². The molecule has 0 saturated carbocycles. The summed E-state index contributed by atoms with van der Waals surface area (Å²) in [6.45, 7) is 0.832. The molecule has 18 heavy (non-hydrogen) atoms. The Morgan fingerprint density at radius 1 is 1.39 bits per heavy atom. The van der Waals surface area contributed by atoms with E-state index in [-0.39, 0.29) is 17.7 Å². The fourth-order valence-electron chi connectivity index (χ4n) is 1.59. The number of nitrogens with zero attached hydrogens (tertiary/aromatic N) is 2. The van der Waals surface area contributed by atoms with Crippen LogP contribution in [0.3, 0.4) is 0 Å². The molecule has 0 bridgehead atoms. The van der Waals surface area contributed by atoms with Crippen LogP contribution in [0.5, 0.6) is 0 Å². The maximum absolute atomic E-state index is 11.7. The Labute approximate surface area is 104 Å². The van der Waals surface area contributed by atoms with E-state index in [1.807, 2.05) is 0 Å². The molecule has 0 spiro atoms. The van der Waals surface area contributed by atoms with Gasteiger partial charge in [0.05, 0.1) is 0 Å². The highest BCUT2D eigenvalue weighted by atomic mass is 16.4. The minimum absolute atomic E-state index is 0.0955. The van der Waals surface area contributed by atoms with Gasteiger partial charge in [0.15, 0.2) is 0 Å². The van der Waals surface area contributed by atoms with Gasteiger partial charge in [0.2, 0.25) is 0 Å². The van der Waals surface area contributed by atoms with Gasteiger partial charge in [-0.15, -0.1) is 0 Å². The average Bonchev–Trinajstić information content (AvgIpc) is 2.32. The van der Waals surface area contributed by atoms with Crippen molar-refractivity contribution < 1.29 is 9.90 Å². The number of carboxylic acid groups (broad SMARTS) is 1. The SMILES string of the molecule is Cn1cc(CNCCCC(=O)O)c(=O)n(C)c1=O. The molecule has 0 fully saturated rings. The first-order valence-corrected chi connectivity index (χ1v) is 5.61. The van der Waals surface area contributed by atoms with Gasteiger partial charge in [-0.3, -0.25) is 14.2 Å². The Morgan fingerprint density at radius 2 is 2.06 bits per heavy atom. The highest BCUT2D eigenvalue weighted by Crippen LogP contribution is 1.90. The van der Waals surface area contributed by atoms with E-state index in [9.17, 15) is 14.4 Å². The first-order chi connectivity index (χ1) is 8.43. The zero-order chi connectivity index (χ0) is 13.7. The quantitative estimate of drug-likeness (QED) is 0.638. The van der Waals surface area contributed by atoms with Crippen LogP contribution in [0.4, 0.5) is 0 Å². The highest BCUT2D eigenvalue weighted by Gasteiger charge is 2.06. The van der Waals surface area contributed by atoms with Gasteiger partial charge >= 0.3 is 11.7 Å². The third kappa shape index (κ3) is 3.56. The van der Waals surface area contributed by atoms with Gasteiger partial charge in [-0.25, -0.2) is 4.79 Å². The van der Waals surface area contributed by atoms with E-state index < -0.39 is 5.97 Å². The second-order valence-electron chi connectivity index (χ2n) is 4.09. The van der Waals surface area contributed by atoms with Crippen LogP contribution < -0.4 is 16.6 Å².